The molecule has 8 nitrogen and oxygen atoms in total. The van der Waals surface area contributed by atoms with Gasteiger partial charge in [0.05, 0.1) is 21.5 Å². The van der Waals surface area contributed by atoms with Crippen LogP contribution in [0.4, 0.5) is 26.0 Å². The van der Waals surface area contributed by atoms with Crippen molar-refractivity contribution in [2.45, 2.75) is 12.8 Å². The normalized spacial score (nSPS) is 15.5. The number of benzene rings is 1. The lowest BCUT2D eigenvalue weighted by atomic mass is 10.2. The maximum Gasteiger partial charge on any atom is 0.258 e. The molecule has 4 rings (SSSR count). The Labute approximate surface area is 170 Å². The summed E-state index contributed by atoms with van der Waals surface area (Å²) in [4.78, 5) is 20.5. The van der Waals surface area contributed by atoms with E-state index in [1.54, 1.807) is 4.31 Å². The summed E-state index contributed by atoms with van der Waals surface area (Å²) in [6, 6.07) is 2.14. The summed E-state index contributed by atoms with van der Waals surface area (Å²) in [5.74, 6) is -2.53. The Kier molecular flexibility index (Phi) is 5.39. The number of carbonyl (C=O) groups is 1. The molecule has 1 saturated heterocycles. The topological polar surface area (TPSA) is 113 Å². The van der Waals surface area contributed by atoms with Gasteiger partial charge in [0.15, 0.2) is 17.0 Å². The quantitative estimate of drug-likeness (QED) is 0.567. The minimum atomic E-state index is -1.66. The number of carbonyl (C=O) groups excluding carboxylic acids is 1. The fourth-order valence-corrected chi connectivity index (χ4v) is 4.94. The zero-order valence-electron chi connectivity index (χ0n) is 14.9. The van der Waals surface area contributed by atoms with Gasteiger partial charge in [0.2, 0.25) is 0 Å². The van der Waals surface area contributed by atoms with Crippen molar-refractivity contribution in [3.63, 3.8) is 0 Å². The van der Waals surface area contributed by atoms with Gasteiger partial charge in [-0.05, 0) is 25.0 Å². The maximum atomic E-state index is 14.8. The highest BCUT2D eigenvalue weighted by Gasteiger charge is 2.23. The molecule has 152 valence electrons. The minimum absolute atomic E-state index is 0.122. The van der Waals surface area contributed by atoms with Crippen molar-refractivity contribution < 1.29 is 17.8 Å². The molecule has 0 aliphatic carbocycles. The standard InChI is InChI=1S/C17H16F2N6O2S2/c18-10-3-4-11(24-29(27)25-5-1-2-6-25)12(19)14(10)23-17(26)9-7-28-15-13(9)21-8-22-16(15)20/h3-4,7-8,24H,1-2,5-6H2,(H,23,26)(H2,20,21,22). The Morgan fingerprint density at radius 2 is 2.00 bits per heavy atom. The molecule has 1 aliphatic rings. The number of fused-ring (bicyclic) bond motifs is 1. The monoisotopic (exact) mass is 438 g/mol. The molecule has 1 atom stereocenters. The lowest BCUT2D eigenvalue weighted by Crippen LogP contribution is -2.27. The largest absolute Gasteiger partial charge is 0.382 e. The number of rotatable bonds is 5. The number of nitrogens with one attached hydrogen (secondary N) is 2. The van der Waals surface area contributed by atoms with E-state index in [0.717, 1.165) is 36.3 Å². The zero-order valence-corrected chi connectivity index (χ0v) is 16.6. The van der Waals surface area contributed by atoms with E-state index in [-0.39, 0.29) is 17.1 Å². The van der Waals surface area contributed by atoms with E-state index in [1.807, 2.05) is 0 Å². The van der Waals surface area contributed by atoms with Gasteiger partial charge in [-0.3, -0.25) is 9.52 Å². The van der Waals surface area contributed by atoms with Crippen LogP contribution in [-0.4, -0.2) is 37.5 Å². The average Bonchev–Trinajstić information content (AvgIpc) is 3.37. The highest BCUT2D eigenvalue weighted by molar-refractivity contribution is 7.84. The summed E-state index contributed by atoms with van der Waals surface area (Å²) >= 11 is -0.499. The number of nitrogens with two attached hydrogens (primary N) is 1. The first kappa shape index (κ1) is 19.6. The lowest BCUT2D eigenvalue weighted by molar-refractivity contribution is 0.102. The van der Waals surface area contributed by atoms with Gasteiger partial charge in [-0.1, -0.05) is 0 Å². The third-order valence-corrected chi connectivity index (χ3v) is 6.67. The molecule has 0 radical (unpaired) electrons. The summed E-state index contributed by atoms with van der Waals surface area (Å²) in [6.07, 6.45) is 3.02. The van der Waals surface area contributed by atoms with Crippen molar-refractivity contribution in [2.24, 2.45) is 0 Å². The predicted octanol–water partition coefficient (Wildman–Crippen LogP) is 2.89. The smallest absolute Gasteiger partial charge is 0.258 e. The number of hydrogen-bond donors (Lipinski definition) is 3. The molecule has 1 fully saturated rings. The molecule has 2 aromatic heterocycles. The van der Waals surface area contributed by atoms with E-state index in [9.17, 15) is 17.8 Å². The van der Waals surface area contributed by atoms with Crippen molar-refractivity contribution in [3.05, 3.63) is 41.0 Å². The Hall–Kier alpha value is -2.70. The van der Waals surface area contributed by atoms with E-state index >= 15 is 0 Å². The summed E-state index contributed by atoms with van der Waals surface area (Å²) in [7, 11) is 0. The van der Waals surface area contributed by atoms with E-state index in [1.165, 1.54) is 11.7 Å². The number of aromatic nitrogens is 2. The summed E-state index contributed by atoms with van der Waals surface area (Å²) in [6.45, 7) is 1.25. The number of halogens is 2. The molecule has 0 bridgehead atoms. The number of nitrogens with zero attached hydrogens (tertiary/aromatic N) is 3. The Balaban J connectivity index is 1.60. The van der Waals surface area contributed by atoms with Crippen LogP contribution in [0.2, 0.25) is 0 Å². The molecule has 29 heavy (non-hydrogen) atoms. The first-order chi connectivity index (χ1) is 14.0. The van der Waals surface area contributed by atoms with Crippen LogP contribution in [0.15, 0.2) is 23.8 Å². The molecule has 1 amide bonds. The number of amides is 1. The first-order valence-electron chi connectivity index (χ1n) is 8.66. The maximum absolute atomic E-state index is 14.8. The van der Waals surface area contributed by atoms with Gasteiger partial charge in [0.1, 0.15) is 23.6 Å². The number of anilines is 3. The van der Waals surface area contributed by atoms with Crippen LogP contribution in [0.25, 0.3) is 10.2 Å². The van der Waals surface area contributed by atoms with Crippen molar-refractivity contribution in [1.82, 2.24) is 14.3 Å². The molecule has 0 spiro atoms. The molecule has 3 heterocycles. The van der Waals surface area contributed by atoms with Crippen molar-refractivity contribution in [3.8, 4) is 0 Å². The van der Waals surface area contributed by atoms with Gasteiger partial charge >= 0.3 is 0 Å². The van der Waals surface area contributed by atoms with Gasteiger partial charge in [-0.15, -0.1) is 11.3 Å². The molecule has 1 aliphatic heterocycles. The molecular formula is C17H16F2N6O2S2. The van der Waals surface area contributed by atoms with Crippen LogP contribution in [0, 0.1) is 11.6 Å². The third-order valence-electron chi connectivity index (χ3n) is 4.45. The van der Waals surface area contributed by atoms with Crippen LogP contribution in [0.5, 0.6) is 0 Å². The molecule has 0 saturated carbocycles. The van der Waals surface area contributed by atoms with Gasteiger partial charge in [-0.25, -0.2) is 27.3 Å². The van der Waals surface area contributed by atoms with Crippen molar-refractivity contribution in [2.75, 3.05) is 28.9 Å². The number of thiophene rings is 1. The minimum Gasteiger partial charge on any atom is -0.382 e. The summed E-state index contributed by atoms with van der Waals surface area (Å²) in [5, 5.41) is 3.73. The van der Waals surface area contributed by atoms with E-state index in [4.69, 9.17) is 5.73 Å². The molecule has 4 N–H and O–H groups in total. The average molecular weight is 438 g/mol. The highest BCUT2D eigenvalue weighted by Crippen LogP contribution is 2.30. The van der Waals surface area contributed by atoms with Crippen molar-refractivity contribution in [1.29, 1.82) is 0 Å². The van der Waals surface area contributed by atoms with Crippen LogP contribution >= 0.6 is 11.3 Å². The lowest BCUT2D eigenvalue weighted by Gasteiger charge is -2.16. The second-order valence-corrected chi connectivity index (χ2v) is 8.41. The first-order valence-corrected chi connectivity index (χ1v) is 10.6. The Bertz CT molecular complexity index is 1120. The molecular weight excluding hydrogens is 422 g/mol. The zero-order chi connectivity index (χ0) is 20.5. The second kappa shape index (κ2) is 7.97. The second-order valence-electron chi connectivity index (χ2n) is 6.31. The van der Waals surface area contributed by atoms with Gasteiger partial charge in [-0.2, -0.15) is 0 Å². The van der Waals surface area contributed by atoms with E-state index in [2.05, 4.69) is 20.0 Å². The van der Waals surface area contributed by atoms with E-state index < -0.39 is 34.4 Å². The summed E-state index contributed by atoms with van der Waals surface area (Å²) < 4.78 is 46.1. The van der Waals surface area contributed by atoms with Gasteiger partial charge in [0.25, 0.3) is 5.91 Å². The van der Waals surface area contributed by atoms with Crippen LogP contribution < -0.4 is 15.8 Å². The number of nitrogen functional groups attached to an aromatic ring is 1. The fourth-order valence-electron chi connectivity index (χ4n) is 2.97. The molecule has 1 aromatic carbocycles. The van der Waals surface area contributed by atoms with Gasteiger partial charge in [0, 0.05) is 18.5 Å². The highest BCUT2D eigenvalue weighted by atomic mass is 32.2. The molecule has 1 unspecified atom stereocenters. The summed E-state index contributed by atoms with van der Waals surface area (Å²) in [5.41, 5.74) is 5.36. The third kappa shape index (κ3) is 3.78. The van der Waals surface area contributed by atoms with Crippen LogP contribution in [0.3, 0.4) is 0 Å². The Morgan fingerprint density at radius 3 is 2.76 bits per heavy atom. The van der Waals surface area contributed by atoms with Crippen LogP contribution in [0.1, 0.15) is 23.2 Å². The van der Waals surface area contributed by atoms with Crippen LogP contribution in [-0.2, 0) is 11.2 Å². The predicted molar refractivity (Wildman–Crippen MR) is 109 cm³/mol. The van der Waals surface area contributed by atoms with Gasteiger partial charge < -0.3 is 11.1 Å². The Morgan fingerprint density at radius 1 is 1.24 bits per heavy atom. The SMILES string of the molecule is Nc1ncnc2c(C(=O)Nc3c(F)ccc(NS(=O)N4CCCC4)c3F)csc12. The number of hydrogen-bond acceptors (Lipinski definition) is 6. The molecule has 3 aromatic rings. The van der Waals surface area contributed by atoms with E-state index in [0.29, 0.717) is 23.3 Å². The van der Waals surface area contributed by atoms with Crippen molar-refractivity contribution >= 4 is 55.8 Å². The fraction of sp³-hybridized carbons (Fsp3) is 0.235. The molecule has 12 heteroatoms.